The van der Waals surface area contributed by atoms with E-state index < -0.39 is 29.8 Å². The molecule has 2 heterocycles. The summed E-state index contributed by atoms with van der Waals surface area (Å²) in [6.45, 7) is 1.64. The number of imide groups is 1. The molecule has 0 spiro atoms. The first-order valence-corrected chi connectivity index (χ1v) is 9.52. The Balaban J connectivity index is 1.50. The lowest BCUT2D eigenvalue weighted by Crippen LogP contribution is -2.43. The smallest absolute Gasteiger partial charge is 0.263 e. The lowest BCUT2D eigenvalue weighted by atomic mass is 10.1. The van der Waals surface area contributed by atoms with Gasteiger partial charge in [-0.05, 0) is 42.8 Å². The number of fused-ring (bicyclic) bond motifs is 1. The van der Waals surface area contributed by atoms with Crippen LogP contribution in [0.15, 0.2) is 52.8 Å². The molecule has 1 saturated heterocycles. The quantitative estimate of drug-likeness (QED) is 0.738. The number of anilines is 2. The van der Waals surface area contributed by atoms with E-state index in [1.807, 2.05) is 13.0 Å². The van der Waals surface area contributed by atoms with Crippen molar-refractivity contribution >= 4 is 40.7 Å². The number of aryl methyl sites for hydroxylation is 1. The normalized spacial score (nSPS) is 20.0. The highest BCUT2D eigenvalue weighted by atomic mass is 35.5. The number of carbonyl (C=O) groups excluding carboxylic acids is 3. The van der Waals surface area contributed by atoms with Crippen LogP contribution in [-0.4, -0.2) is 48.5 Å². The SMILES string of the molecule is COc1ccc(C)cc1NC(=O)CN1N=N[C@H]2C(=O)N(c3cccc(Cl)c3)C(=O)[C@@H]21. The first kappa shape index (κ1) is 19.8. The first-order chi connectivity index (χ1) is 14.4. The van der Waals surface area contributed by atoms with Gasteiger partial charge >= 0.3 is 0 Å². The fraction of sp³-hybridized carbons (Fsp3) is 0.250. The summed E-state index contributed by atoms with van der Waals surface area (Å²) >= 11 is 5.98. The zero-order valence-corrected chi connectivity index (χ0v) is 17.0. The molecule has 9 nitrogen and oxygen atoms in total. The van der Waals surface area contributed by atoms with Crippen LogP contribution >= 0.6 is 11.6 Å². The third-order valence-electron chi connectivity index (χ3n) is 4.86. The highest BCUT2D eigenvalue weighted by Gasteiger charge is 2.55. The number of benzene rings is 2. The van der Waals surface area contributed by atoms with E-state index in [1.54, 1.807) is 30.3 Å². The second-order valence-corrected chi connectivity index (χ2v) is 7.37. The predicted molar refractivity (Wildman–Crippen MR) is 109 cm³/mol. The largest absolute Gasteiger partial charge is 0.495 e. The molecular weight excluding hydrogens is 410 g/mol. The Labute approximate surface area is 177 Å². The summed E-state index contributed by atoms with van der Waals surface area (Å²) < 4.78 is 5.26. The topological polar surface area (TPSA) is 104 Å². The Hall–Kier alpha value is -3.46. The Morgan fingerprint density at radius 3 is 2.73 bits per heavy atom. The van der Waals surface area contributed by atoms with Crippen molar-refractivity contribution in [2.24, 2.45) is 10.3 Å². The van der Waals surface area contributed by atoms with Crippen LogP contribution in [-0.2, 0) is 14.4 Å². The number of halogens is 1. The minimum absolute atomic E-state index is 0.246. The fourth-order valence-corrected chi connectivity index (χ4v) is 3.66. The lowest BCUT2D eigenvalue weighted by molar-refractivity contribution is -0.123. The summed E-state index contributed by atoms with van der Waals surface area (Å²) in [5.41, 5.74) is 1.81. The van der Waals surface area contributed by atoms with Crippen LogP contribution in [0.3, 0.4) is 0 Å². The van der Waals surface area contributed by atoms with Crippen molar-refractivity contribution in [1.29, 1.82) is 0 Å². The maximum atomic E-state index is 13.0. The summed E-state index contributed by atoms with van der Waals surface area (Å²) in [6.07, 6.45) is 0. The van der Waals surface area contributed by atoms with Crippen molar-refractivity contribution in [3.63, 3.8) is 0 Å². The third kappa shape index (κ3) is 3.48. The molecule has 2 aromatic rings. The molecule has 1 fully saturated rings. The van der Waals surface area contributed by atoms with Crippen molar-refractivity contribution in [2.45, 2.75) is 19.0 Å². The number of hydrogen-bond donors (Lipinski definition) is 1. The number of methoxy groups -OCH3 is 1. The summed E-state index contributed by atoms with van der Waals surface area (Å²) in [7, 11) is 1.51. The standard InChI is InChI=1S/C20H18ClN5O4/c1-11-6-7-15(30-2)14(8-11)22-16(27)10-25-18-17(23-24-25)19(28)26(20(18)29)13-5-3-4-12(21)9-13/h3-9,17-18H,10H2,1-2H3,(H,22,27)/t17-,18-/m1/s1. The maximum Gasteiger partial charge on any atom is 0.263 e. The molecule has 2 aromatic carbocycles. The van der Waals surface area contributed by atoms with Gasteiger partial charge in [-0.15, -0.1) is 0 Å². The molecule has 30 heavy (non-hydrogen) atoms. The van der Waals surface area contributed by atoms with Gasteiger partial charge in [-0.1, -0.05) is 29.0 Å². The molecule has 1 N–H and O–H groups in total. The van der Waals surface area contributed by atoms with Crippen LogP contribution in [0.5, 0.6) is 5.75 Å². The molecular formula is C20H18ClN5O4. The van der Waals surface area contributed by atoms with Gasteiger partial charge < -0.3 is 10.1 Å². The maximum absolute atomic E-state index is 13.0. The second-order valence-electron chi connectivity index (χ2n) is 6.94. The highest BCUT2D eigenvalue weighted by molar-refractivity contribution is 6.31. The van der Waals surface area contributed by atoms with Gasteiger partial charge in [0, 0.05) is 5.02 Å². The molecule has 10 heteroatoms. The molecule has 0 aromatic heterocycles. The number of hydrogen-bond acceptors (Lipinski definition) is 7. The van der Waals surface area contributed by atoms with Gasteiger partial charge in [0.1, 0.15) is 12.3 Å². The van der Waals surface area contributed by atoms with Crippen LogP contribution in [0.1, 0.15) is 5.56 Å². The molecule has 0 bridgehead atoms. The molecule has 2 aliphatic rings. The van der Waals surface area contributed by atoms with E-state index in [1.165, 1.54) is 18.2 Å². The van der Waals surface area contributed by atoms with E-state index in [9.17, 15) is 14.4 Å². The van der Waals surface area contributed by atoms with Crippen molar-refractivity contribution in [1.82, 2.24) is 5.01 Å². The second kappa shape index (κ2) is 7.75. The number of ether oxygens (including phenoxy) is 1. The number of nitrogens with one attached hydrogen (secondary N) is 1. The molecule has 0 unspecified atom stereocenters. The van der Waals surface area contributed by atoms with E-state index in [-0.39, 0.29) is 6.54 Å². The Morgan fingerprint density at radius 1 is 1.20 bits per heavy atom. The van der Waals surface area contributed by atoms with Crippen LogP contribution < -0.4 is 15.0 Å². The molecule has 0 saturated carbocycles. The van der Waals surface area contributed by atoms with Gasteiger partial charge in [0.15, 0.2) is 12.1 Å². The molecule has 2 atom stereocenters. The van der Waals surface area contributed by atoms with Crippen molar-refractivity contribution in [2.75, 3.05) is 23.9 Å². The zero-order chi connectivity index (χ0) is 21.4. The monoisotopic (exact) mass is 427 g/mol. The fourth-order valence-electron chi connectivity index (χ4n) is 3.48. The van der Waals surface area contributed by atoms with Crippen LogP contribution in [0, 0.1) is 6.92 Å². The Morgan fingerprint density at radius 2 is 2.00 bits per heavy atom. The molecule has 2 aliphatic heterocycles. The average Bonchev–Trinajstić information content (AvgIpc) is 3.21. The molecule has 3 amide bonds. The molecule has 154 valence electrons. The predicted octanol–water partition coefficient (Wildman–Crippen LogP) is 2.59. The van der Waals surface area contributed by atoms with E-state index in [4.69, 9.17) is 16.3 Å². The molecule has 0 radical (unpaired) electrons. The summed E-state index contributed by atoms with van der Waals surface area (Å²) in [5.74, 6) is -0.911. The average molecular weight is 428 g/mol. The summed E-state index contributed by atoms with van der Waals surface area (Å²) in [4.78, 5) is 39.3. The van der Waals surface area contributed by atoms with E-state index in [0.29, 0.717) is 22.1 Å². The van der Waals surface area contributed by atoms with E-state index in [0.717, 1.165) is 10.5 Å². The van der Waals surface area contributed by atoms with Crippen molar-refractivity contribution in [3.8, 4) is 5.75 Å². The summed E-state index contributed by atoms with van der Waals surface area (Å²) in [6, 6.07) is 9.86. The van der Waals surface area contributed by atoms with Gasteiger partial charge in [0.25, 0.3) is 11.8 Å². The molecule has 0 aliphatic carbocycles. The highest BCUT2D eigenvalue weighted by Crippen LogP contribution is 2.33. The number of nitrogens with zero attached hydrogens (tertiary/aromatic N) is 4. The van der Waals surface area contributed by atoms with Crippen molar-refractivity contribution in [3.05, 3.63) is 53.1 Å². The summed E-state index contributed by atoms with van der Waals surface area (Å²) in [5, 5.41) is 12.2. The van der Waals surface area contributed by atoms with Crippen LogP contribution in [0.4, 0.5) is 11.4 Å². The number of amides is 3. The number of rotatable bonds is 5. The first-order valence-electron chi connectivity index (χ1n) is 9.14. The van der Waals surface area contributed by atoms with E-state index in [2.05, 4.69) is 15.7 Å². The van der Waals surface area contributed by atoms with Gasteiger partial charge in [0.2, 0.25) is 5.91 Å². The third-order valence-corrected chi connectivity index (χ3v) is 5.09. The van der Waals surface area contributed by atoms with Gasteiger partial charge in [-0.3, -0.25) is 19.4 Å². The van der Waals surface area contributed by atoms with Crippen LogP contribution in [0.2, 0.25) is 5.02 Å². The lowest BCUT2D eigenvalue weighted by Gasteiger charge is -2.20. The molecule has 4 rings (SSSR count). The van der Waals surface area contributed by atoms with Crippen LogP contribution in [0.25, 0.3) is 0 Å². The van der Waals surface area contributed by atoms with E-state index >= 15 is 0 Å². The number of carbonyl (C=O) groups is 3. The zero-order valence-electron chi connectivity index (χ0n) is 16.2. The van der Waals surface area contributed by atoms with Gasteiger partial charge in [-0.25, -0.2) is 4.90 Å². The minimum atomic E-state index is -0.988. The van der Waals surface area contributed by atoms with Gasteiger partial charge in [0.05, 0.1) is 18.5 Å². The Bertz CT molecular complexity index is 1070. The van der Waals surface area contributed by atoms with Gasteiger partial charge in [-0.2, -0.15) is 5.11 Å². The Kier molecular flexibility index (Phi) is 5.13. The minimum Gasteiger partial charge on any atom is -0.495 e. The van der Waals surface area contributed by atoms with Crippen molar-refractivity contribution < 1.29 is 19.1 Å².